The molecule has 0 aliphatic carbocycles. The van der Waals surface area contributed by atoms with E-state index in [0.29, 0.717) is 46.9 Å². The van der Waals surface area contributed by atoms with Gasteiger partial charge in [0.25, 0.3) is 11.5 Å². The van der Waals surface area contributed by atoms with Gasteiger partial charge < -0.3 is 25.2 Å². The maximum Gasteiger partial charge on any atom is 0.416 e. The van der Waals surface area contributed by atoms with Gasteiger partial charge in [0.05, 0.1) is 18.2 Å². The van der Waals surface area contributed by atoms with E-state index in [0.717, 1.165) is 62.4 Å². The van der Waals surface area contributed by atoms with Crippen molar-refractivity contribution in [1.29, 1.82) is 0 Å². The van der Waals surface area contributed by atoms with E-state index in [1.54, 1.807) is 41.1 Å². The molecule has 13 heteroatoms. The molecule has 51 heavy (non-hydrogen) atoms. The van der Waals surface area contributed by atoms with Crippen molar-refractivity contribution in [3.63, 3.8) is 0 Å². The highest BCUT2D eigenvalue weighted by atomic mass is 19.4. The third-order valence-electron chi connectivity index (χ3n) is 9.42. The molecule has 10 nitrogen and oxygen atoms in total. The van der Waals surface area contributed by atoms with Gasteiger partial charge in [-0.2, -0.15) is 18.2 Å². The highest BCUT2D eigenvalue weighted by molar-refractivity contribution is 6.04. The second-order valence-electron chi connectivity index (χ2n) is 13.1. The molecule has 0 unspecified atom stereocenters. The fourth-order valence-electron chi connectivity index (χ4n) is 6.66. The molecule has 0 spiro atoms. The Hall–Kier alpha value is -5.27. The second kappa shape index (κ2) is 14.2. The number of ether oxygens (including phenoxy) is 1. The molecular formula is C38H38F3N7O3. The van der Waals surface area contributed by atoms with Crippen LogP contribution >= 0.6 is 0 Å². The Labute approximate surface area is 292 Å². The zero-order chi connectivity index (χ0) is 35.7. The van der Waals surface area contributed by atoms with Crippen LogP contribution in [0, 0.1) is 6.92 Å². The average molecular weight is 698 g/mol. The fraction of sp³-hybridized carbons (Fsp3) is 0.316. The minimum absolute atomic E-state index is 0.137. The van der Waals surface area contributed by atoms with Crippen molar-refractivity contribution in [3.8, 4) is 11.1 Å². The molecule has 2 aromatic heterocycles. The van der Waals surface area contributed by atoms with Crippen molar-refractivity contribution >= 4 is 40.0 Å². The van der Waals surface area contributed by atoms with Crippen molar-refractivity contribution in [2.24, 2.45) is 0 Å². The molecule has 0 saturated carbocycles. The Kier molecular flexibility index (Phi) is 9.49. The summed E-state index contributed by atoms with van der Waals surface area (Å²) in [7, 11) is 2.14. The van der Waals surface area contributed by atoms with E-state index in [4.69, 9.17) is 9.72 Å². The molecule has 5 aromatic rings. The van der Waals surface area contributed by atoms with Crippen molar-refractivity contribution in [2.75, 3.05) is 55.4 Å². The minimum Gasteiger partial charge on any atom is -0.376 e. The van der Waals surface area contributed by atoms with Crippen LogP contribution in [-0.2, 0) is 17.5 Å². The van der Waals surface area contributed by atoms with E-state index < -0.39 is 17.6 Å². The van der Waals surface area contributed by atoms with E-state index in [1.807, 2.05) is 6.07 Å². The van der Waals surface area contributed by atoms with Crippen LogP contribution in [0.5, 0.6) is 0 Å². The zero-order valence-electron chi connectivity index (χ0n) is 28.3. The van der Waals surface area contributed by atoms with Gasteiger partial charge in [-0.1, -0.05) is 18.2 Å². The molecule has 1 atom stereocenters. The molecule has 2 N–H and O–H groups in total. The number of amides is 1. The molecule has 2 fully saturated rings. The van der Waals surface area contributed by atoms with Crippen LogP contribution in [0.25, 0.3) is 22.2 Å². The van der Waals surface area contributed by atoms with Gasteiger partial charge in [0.1, 0.15) is 5.65 Å². The summed E-state index contributed by atoms with van der Waals surface area (Å²) in [5.74, 6) is -0.355. The first-order chi connectivity index (χ1) is 24.5. The number of aromatic nitrogens is 3. The third-order valence-corrected chi connectivity index (χ3v) is 9.42. The van der Waals surface area contributed by atoms with Gasteiger partial charge in [-0.15, -0.1) is 0 Å². The Morgan fingerprint density at radius 1 is 0.980 bits per heavy atom. The topological polar surface area (TPSA) is 105 Å². The maximum atomic E-state index is 14.2. The lowest BCUT2D eigenvalue weighted by Gasteiger charge is -2.35. The second-order valence-corrected chi connectivity index (χ2v) is 13.1. The van der Waals surface area contributed by atoms with Crippen LogP contribution in [0.4, 0.5) is 36.2 Å². The molecule has 3 aromatic carbocycles. The molecule has 0 radical (unpaired) electrons. The summed E-state index contributed by atoms with van der Waals surface area (Å²) in [5, 5.41) is 6.61. The number of carbonyl (C=O) groups is 1. The fourth-order valence-corrected chi connectivity index (χ4v) is 6.66. The smallest absolute Gasteiger partial charge is 0.376 e. The number of hydrogen-bond acceptors (Lipinski definition) is 8. The van der Waals surface area contributed by atoms with Crippen LogP contribution in [0.1, 0.15) is 34.3 Å². The number of nitrogens with zero attached hydrogens (tertiary/aromatic N) is 5. The van der Waals surface area contributed by atoms with Crippen LogP contribution in [0.3, 0.4) is 0 Å². The zero-order valence-corrected chi connectivity index (χ0v) is 28.3. The number of likely N-dealkylation sites (N-methyl/N-ethyl adjacent to an activating group) is 1. The standard InChI is InChI=1S/C38H38F3N7O3/c1-24-18-30(11-12-33(24)47-15-13-46(2)14-16-47)44-37-42-22-27-21-32(36(50)48(34(27)45-37)23-31-10-5-17-51-31)25-6-4-9-29(20-25)43-35(49)26-7-3-8-28(19-26)38(39,40)41/h3-4,6-9,11-12,18-22,31H,5,10,13-17,23H2,1-2H3,(H,43,49)(H,42,44,45)/t31-/m1/s1. The summed E-state index contributed by atoms with van der Waals surface area (Å²) in [6, 6.07) is 18.8. The quantitative estimate of drug-likeness (QED) is 0.185. The van der Waals surface area contributed by atoms with Crippen molar-refractivity contribution in [2.45, 2.75) is 38.6 Å². The number of alkyl halides is 3. The lowest BCUT2D eigenvalue weighted by molar-refractivity contribution is -0.137. The van der Waals surface area contributed by atoms with Gasteiger partial charge in [-0.25, -0.2) is 4.98 Å². The lowest BCUT2D eigenvalue weighted by atomic mass is 10.0. The van der Waals surface area contributed by atoms with E-state index in [2.05, 4.69) is 51.5 Å². The van der Waals surface area contributed by atoms with E-state index in [-0.39, 0.29) is 17.2 Å². The van der Waals surface area contributed by atoms with E-state index in [1.165, 1.54) is 17.8 Å². The minimum atomic E-state index is -4.58. The summed E-state index contributed by atoms with van der Waals surface area (Å²) in [6.45, 7) is 6.99. The Balaban J connectivity index is 1.18. The molecule has 2 aliphatic rings. The van der Waals surface area contributed by atoms with Gasteiger partial charge in [0, 0.05) is 72.6 Å². The molecule has 7 rings (SSSR count). The largest absolute Gasteiger partial charge is 0.416 e. The number of anilines is 4. The van der Waals surface area contributed by atoms with Crippen LogP contribution < -0.4 is 21.1 Å². The summed E-state index contributed by atoms with van der Waals surface area (Å²) in [5.41, 5.74) is 3.47. The predicted octanol–water partition coefficient (Wildman–Crippen LogP) is 6.71. The summed E-state index contributed by atoms with van der Waals surface area (Å²) < 4.78 is 47.2. The number of carbonyl (C=O) groups excluding carboxylic acids is 1. The Morgan fingerprint density at radius 3 is 2.53 bits per heavy atom. The number of halogens is 3. The van der Waals surface area contributed by atoms with Crippen molar-refractivity contribution < 1.29 is 22.7 Å². The summed E-state index contributed by atoms with van der Waals surface area (Å²) in [6.07, 6.45) is -1.36. The Morgan fingerprint density at radius 2 is 1.78 bits per heavy atom. The number of pyridine rings is 1. The molecule has 4 heterocycles. The van der Waals surface area contributed by atoms with Gasteiger partial charge in [-0.3, -0.25) is 14.2 Å². The first-order valence-corrected chi connectivity index (χ1v) is 16.9. The van der Waals surface area contributed by atoms with Gasteiger partial charge in [0.2, 0.25) is 5.95 Å². The van der Waals surface area contributed by atoms with Crippen LogP contribution in [0.2, 0.25) is 0 Å². The summed E-state index contributed by atoms with van der Waals surface area (Å²) >= 11 is 0. The van der Waals surface area contributed by atoms with Crippen molar-refractivity contribution in [3.05, 3.63) is 106 Å². The maximum absolute atomic E-state index is 14.2. The predicted molar refractivity (Wildman–Crippen MR) is 192 cm³/mol. The normalized spacial score (nSPS) is 16.8. The monoisotopic (exact) mass is 697 g/mol. The molecular weight excluding hydrogens is 659 g/mol. The SMILES string of the molecule is Cc1cc(Nc2ncc3cc(-c4cccc(NC(=O)c5cccc(C(F)(F)F)c5)c4)c(=O)n(C[C@H]4CCCO4)c3n2)ccc1N1CCN(C)CC1. The number of benzene rings is 3. The molecule has 2 saturated heterocycles. The number of rotatable bonds is 8. The number of fused-ring (bicyclic) bond motifs is 1. The highest BCUT2D eigenvalue weighted by Gasteiger charge is 2.31. The molecule has 264 valence electrons. The first kappa shape index (κ1) is 34.2. The van der Waals surface area contributed by atoms with Gasteiger partial charge in [-0.05, 0) is 92.5 Å². The third kappa shape index (κ3) is 7.59. The first-order valence-electron chi connectivity index (χ1n) is 16.9. The van der Waals surface area contributed by atoms with Crippen molar-refractivity contribution in [1.82, 2.24) is 19.4 Å². The van der Waals surface area contributed by atoms with Gasteiger partial charge in [0.15, 0.2) is 0 Å². The van der Waals surface area contributed by atoms with Crippen LogP contribution in [0.15, 0.2) is 83.8 Å². The van der Waals surface area contributed by atoms with Crippen LogP contribution in [-0.4, -0.2) is 71.3 Å². The van der Waals surface area contributed by atoms with E-state index in [9.17, 15) is 22.8 Å². The average Bonchev–Trinajstić information content (AvgIpc) is 3.63. The number of hydrogen-bond donors (Lipinski definition) is 2. The molecule has 0 bridgehead atoms. The lowest BCUT2D eigenvalue weighted by Crippen LogP contribution is -2.44. The Bertz CT molecular complexity index is 2140. The van der Waals surface area contributed by atoms with E-state index >= 15 is 0 Å². The highest BCUT2D eigenvalue weighted by Crippen LogP contribution is 2.31. The number of piperazine rings is 1. The summed E-state index contributed by atoms with van der Waals surface area (Å²) in [4.78, 5) is 41.2. The molecule has 1 amide bonds. The number of aryl methyl sites for hydroxylation is 1. The number of nitrogens with one attached hydrogen (secondary N) is 2. The molecule has 2 aliphatic heterocycles. The van der Waals surface area contributed by atoms with Gasteiger partial charge >= 0.3 is 6.18 Å².